The van der Waals surface area contributed by atoms with E-state index in [1.165, 1.54) is 44.5 Å². The number of hydrogen-bond acceptors (Lipinski definition) is 2. The second-order valence-electron chi connectivity index (χ2n) is 18.5. The highest BCUT2D eigenvalue weighted by atomic mass is 15.2. The average Bonchev–Trinajstić information content (AvgIpc) is 3.48. The van der Waals surface area contributed by atoms with Crippen molar-refractivity contribution in [1.29, 1.82) is 0 Å². The standard InChI is InChI=1S/C71H56N2/c1-3-73(63-42-26-11-27-43-63)71(58-40-24-10-25-41-58)72-51(2)59-44-60(61-47-68(55-34-18-7-19-35-55)70(57-38-22-9-23-39-57)69(48-61)56-36-20-8-21-37-56)46-62(45-59)67-50-65(53-30-14-5-15-31-53)64(52-28-12-4-13-29-52)49-66(67)54-32-16-6-17-33-54/h4-50,71H,3H2,1-2H3. The topological polar surface area (TPSA) is 15.6 Å². The maximum atomic E-state index is 5.76. The molecule has 0 spiro atoms. The molecular weight excluding hydrogens is 881 g/mol. The smallest absolute Gasteiger partial charge is 0.147 e. The maximum Gasteiger partial charge on any atom is 0.147 e. The molecule has 2 nitrogen and oxygen atoms in total. The first-order chi connectivity index (χ1) is 36.1. The normalized spacial score (nSPS) is 11.8. The van der Waals surface area contributed by atoms with Gasteiger partial charge in [0.1, 0.15) is 6.17 Å². The predicted octanol–water partition coefficient (Wildman–Crippen LogP) is 19.1. The molecule has 1 unspecified atom stereocenters. The van der Waals surface area contributed by atoms with E-state index in [1.807, 2.05) is 0 Å². The maximum absolute atomic E-state index is 5.76. The van der Waals surface area contributed by atoms with Crippen LogP contribution < -0.4 is 4.90 Å². The van der Waals surface area contributed by atoms with Crippen LogP contribution in [-0.2, 0) is 0 Å². The molecule has 0 N–H and O–H groups in total. The van der Waals surface area contributed by atoms with Crippen LogP contribution in [0.5, 0.6) is 0 Å². The van der Waals surface area contributed by atoms with Crippen molar-refractivity contribution in [3.8, 4) is 89.0 Å². The van der Waals surface area contributed by atoms with E-state index in [0.717, 1.165) is 73.6 Å². The Morgan fingerprint density at radius 3 is 1.07 bits per heavy atom. The number of benzene rings is 11. The zero-order chi connectivity index (χ0) is 49.3. The molecule has 1 atom stereocenters. The van der Waals surface area contributed by atoms with E-state index >= 15 is 0 Å². The van der Waals surface area contributed by atoms with Crippen molar-refractivity contribution >= 4 is 11.4 Å². The van der Waals surface area contributed by atoms with Gasteiger partial charge in [-0.1, -0.05) is 231 Å². The third kappa shape index (κ3) is 9.98. The molecule has 0 saturated carbocycles. The molecule has 0 aliphatic rings. The van der Waals surface area contributed by atoms with Crippen LogP contribution in [0, 0.1) is 0 Å². The Morgan fingerprint density at radius 2 is 0.658 bits per heavy atom. The number of anilines is 1. The van der Waals surface area contributed by atoms with Crippen molar-refractivity contribution in [2.24, 2.45) is 4.99 Å². The second kappa shape index (κ2) is 21.5. The van der Waals surface area contributed by atoms with Crippen LogP contribution in [-0.4, -0.2) is 12.3 Å². The molecule has 0 radical (unpaired) electrons. The molecule has 0 aliphatic carbocycles. The van der Waals surface area contributed by atoms with E-state index in [0.29, 0.717) is 0 Å². The Labute approximate surface area is 430 Å². The van der Waals surface area contributed by atoms with Crippen molar-refractivity contribution in [3.05, 3.63) is 296 Å². The summed E-state index contributed by atoms with van der Waals surface area (Å²) >= 11 is 0. The van der Waals surface area contributed by atoms with E-state index in [-0.39, 0.29) is 6.17 Å². The SMILES string of the molecule is CCN(c1ccccc1)C(N=C(C)c1cc(-c2cc(-c3ccccc3)c(-c3ccccc3)c(-c3ccccc3)c2)cc(-c2cc(-c3ccccc3)c(-c3ccccc3)cc2-c2ccccc2)c1)c1ccccc1. The lowest BCUT2D eigenvalue weighted by Crippen LogP contribution is -2.28. The molecule has 0 fully saturated rings. The number of nitrogens with zero attached hydrogens (tertiary/aromatic N) is 2. The summed E-state index contributed by atoms with van der Waals surface area (Å²) in [4.78, 5) is 8.16. The summed E-state index contributed by atoms with van der Waals surface area (Å²) in [5.41, 5.74) is 22.8. The number of aliphatic imine (C=N–C) groups is 1. The summed E-state index contributed by atoms with van der Waals surface area (Å²) in [5, 5.41) is 0. The second-order valence-corrected chi connectivity index (χ2v) is 18.5. The third-order valence-corrected chi connectivity index (χ3v) is 13.9. The Kier molecular flexibility index (Phi) is 13.6. The molecule has 73 heavy (non-hydrogen) atoms. The molecule has 2 heteroatoms. The van der Waals surface area contributed by atoms with E-state index in [4.69, 9.17) is 4.99 Å². The van der Waals surface area contributed by atoms with Crippen LogP contribution in [0.15, 0.2) is 290 Å². The van der Waals surface area contributed by atoms with Crippen LogP contribution in [0.1, 0.15) is 31.1 Å². The average molecular weight is 937 g/mol. The molecule has 0 saturated heterocycles. The molecule has 11 rings (SSSR count). The van der Waals surface area contributed by atoms with Gasteiger partial charge in [0.05, 0.1) is 0 Å². The molecule has 0 aromatic heterocycles. The van der Waals surface area contributed by atoms with Gasteiger partial charge in [0, 0.05) is 17.9 Å². The highest BCUT2D eigenvalue weighted by molar-refractivity contribution is 6.04. The van der Waals surface area contributed by atoms with Crippen molar-refractivity contribution in [2.45, 2.75) is 20.0 Å². The van der Waals surface area contributed by atoms with E-state index in [9.17, 15) is 0 Å². The summed E-state index contributed by atoms with van der Waals surface area (Å²) in [6.45, 7) is 5.18. The van der Waals surface area contributed by atoms with E-state index in [2.05, 4.69) is 304 Å². The van der Waals surface area contributed by atoms with Gasteiger partial charge in [-0.25, -0.2) is 0 Å². The van der Waals surface area contributed by atoms with Crippen LogP contribution in [0.2, 0.25) is 0 Å². The summed E-state index contributed by atoms with van der Waals surface area (Å²) in [6, 6.07) is 103. The molecule has 0 amide bonds. The quantitative estimate of drug-likeness (QED) is 0.0992. The van der Waals surface area contributed by atoms with E-state index in [1.54, 1.807) is 0 Å². The lowest BCUT2D eigenvalue weighted by atomic mass is 9.82. The minimum Gasteiger partial charge on any atom is -0.346 e. The fourth-order valence-electron chi connectivity index (χ4n) is 10.3. The molecule has 350 valence electrons. The van der Waals surface area contributed by atoms with Gasteiger partial charge in [-0.3, -0.25) is 4.99 Å². The first kappa shape index (κ1) is 46.3. The van der Waals surface area contributed by atoms with Gasteiger partial charge in [-0.15, -0.1) is 0 Å². The number of para-hydroxylation sites is 1. The van der Waals surface area contributed by atoms with Crippen LogP contribution in [0.4, 0.5) is 5.69 Å². The number of hydrogen-bond donors (Lipinski definition) is 0. The Bertz CT molecular complexity index is 3550. The Morgan fingerprint density at radius 1 is 0.329 bits per heavy atom. The fourth-order valence-corrected chi connectivity index (χ4v) is 10.3. The largest absolute Gasteiger partial charge is 0.346 e. The van der Waals surface area contributed by atoms with Crippen LogP contribution in [0.25, 0.3) is 89.0 Å². The van der Waals surface area contributed by atoms with Gasteiger partial charge < -0.3 is 4.90 Å². The first-order valence-electron chi connectivity index (χ1n) is 25.4. The fraction of sp³-hybridized carbons (Fsp3) is 0.0563. The monoisotopic (exact) mass is 936 g/mol. The van der Waals surface area contributed by atoms with Gasteiger partial charge in [-0.05, 0) is 169 Å². The van der Waals surface area contributed by atoms with Gasteiger partial charge in [0.25, 0.3) is 0 Å². The van der Waals surface area contributed by atoms with Gasteiger partial charge in [0.15, 0.2) is 0 Å². The highest BCUT2D eigenvalue weighted by Gasteiger charge is 2.23. The summed E-state index contributed by atoms with van der Waals surface area (Å²) < 4.78 is 0. The van der Waals surface area contributed by atoms with Gasteiger partial charge in [-0.2, -0.15) is 0 Å². The third-order valence-electron chi connectivity index (χ3n) is 13.9. The lowest BCUT2D eigenvalue weighted by Gasteiger charge is -2.31. The number of rotatable bonds is 14. The summed E-state index contributed by atoms with van der Waals surface area (Å²) in [6.07, 6.45) is -0.269. The van der Waals surface area contributed by atoms with Crippen LogP contribution in [0.3, 0.4) is 0 Å². The van der Waals surface area contributed by atoms with Crippen molar-refractivity contribution in [2.75, 3.05) is 11.4 Å². The van der Waals surface area contributed by atoms with E-state index < -0.39 is 0 Å². The predicted molar refractivity (Wildman–Crippen MR) is 311 cm³/mol. The molecule has 11 aromatic carbocycles. The first-order valence-corrected chi connectivity index (χ1v) is 25.4. The lowest BCUT2D eigenvalue weighted by molar-refractivity contribution is 0.664. The molecule has 11 aromatic rings. The summed E-state index contributed by atoms with van der Waals surface area (Å²) in [5.74, 6) is 0. The van der Waals surface area contributed by atoms with Gasteiger partial charge in [0.2, 0.25) is 0 Å². The van der Waals surface area contributed by atoms with Crippen molar-refractivity contribution in [1.82, 2.24) is 0 Å². The summed E-state index contributed by atoms with van der Waals surface area (Å²) in [7, 11) is 0. The Balaban J connectivity index is 1.22. The molecular formula is C71H56N2. The molecule has 0 aliphatic heterocycles. The molecule has 0 heterocycles. The van der Waals surface area contributed by atoms with Crippen LogP contribution >= 0.6 is 0 Å². The van der Waals surface area contributed by atoms with Crippen molar-refractivity contribution < 1.29 is 0 Å². The van der Waals surface area contributed by atoms with Crippen molar-refractivity contribution in [3.63, 3.8) is 0 Å². The molecule has 0 bridgehead atoms. The highest BCUT2D eigenvalue weighted by Crippen LogP contribution is 2.46. The van der Waals surface area contributed by atoms with Gasteiger partial charge >= 0.3 is 0 Å². The minimum absolute atomic E-state index is 0.269. The Hall–Kier alpha value is -9.11. The minimum atomic E-state index is -0.269. The zero-order valence-corrected chi connectivity index (χ0v) is 41.3. The zero-order valence-electron chi connectivity index (χ0n) is 41.3.